The molecule has 3 rings (SSSR count). The van der Waals surface area contributed by atoms with Gasteiger partial charge in [-0.25, -0.2) is 0 Å². The van der Waals surface area contributed by atoms with Gasteiger partial charge in [0.05, 0.1) is 17.5 Å². The molecule has 4 unspecified atom stereocenters. The zero-order chi connectivity index (χ0) is 16.2. The number of rotatable bonds is 1. The molecule has 2 aliphatic rings. The van der Waals surface area contributed by atoms with Crippen molar-refractivity contribution in [3.63, 3.8) is 0 Å². The number of nitrogens with one attached hydrogen (secondary N) is 1. The van der Waals surface area contributed by atoms with Crippen molar-refractivity contribution in [2.24, 2.45) is 11.8 Å². The molecule has 1 N–H and O–H groups in total. The lowest BCUT2D eigenvalue weighted by Gasteiger charge is -2.41. The highest BCUT2D eigenvalue weighted by atomic mass is 16.3. The van der Waals surface area contributed by atoms with Crippen molar-refractivity contribution < 1.29 is 18.8 Å². The third kappa shape index (κ3) is 2.03. The zero-order valence-electron chi connectivity index (χ0n) is 13.1. The van der Waals surface area contributed by atoms with E-state index < -0.39 is 23.5 Å². The molecule has 2 aliphatic carbocycles. The fourth-order valence-corrected chi connectivity index (χ4v) is 3.82. The van der Waals surface area contributed by atoms with E-state index in [0.29, 0.717) is 17.1 Å². The van der Waals surface area contributed by atoms with Crippen LogP contribution in [0.1, 0.15) is 48.6 Å². The molecule has 0 spiro atoms. The second-order valence-corrected chi connectivity index (χ2v) is 6.33. The third-order valence-corrected chi connectivity index (χ3v) is 4.65. The molecule has 0 fully saturated rings. The van der Waals surface area contributed by atoms with Gasteiger partial charge in [-0.2, -0.15) is 0 Å². The van der Waals surface area contributed by atoms with E-state index in [1.54, 1.807) is 13.0 Å². The first-order valence-corrected chi connectivity index (χ1v) is 7.45. The van der Waals surface area contributed by atoms with Crippen LogP contribution in [0.5, 0.6) is 0 Å². The topological polar surface area (TPSA) is 76.4 Å². The number of ketones is 2. The van der Waals surface area contributed by atoms with E-state index in [1.165, 1.54) is 6.92 Å². The molecule has 1 amide bonds. The number of furan rings is 1. The number of carbonyl (C=O) groups is 3. The van der Waals surface area contributed by atoms with Gasteiger partial charge >= 0.3 is 0 Å². The van der Waals surface area contributed by atoms with E-state index in [9.17, 15) is 14.4 Å². The van der Waals surface area contributed by atoms with Crippen molar-refractivity contribution in [1.82, 2.24) is 5.32 Å². The van der Waals surface area contributed by atoms with Gasteiger partial charge in [0.25, 0.3) is 0 Å². The summed E-state index contributed by atoms with van der Waals surface area (Å²) < 4.78 is 5.74. The van der Waals surface area contributed by atoms with Gasteiger partial charge in [-0.15, -0.1) is 0 Å². The summed E-state index contributed by atoms with van der Waals surface area (Å²) in [5.74, 6) is -0.685. The average Bonchev–Trinajstić information content (AvgIpc) is 2.80. The standard InChI is InChI=1S/C17H19NO4/c1-7-5-8(2)14(18-10(4)19)13-12(7)17-11(6-9(3)22-17)15(20)16(13)21/h5-7,12-14H,1-4H3,(H,18,19). The van der Waals surface area contributed by atoms with Crippen LogP contribution in [0.4, 0.5) is 0 Å². The lowest BCUT2D eigenvalue weighted by molar-refractivity contribution is -0.123. The summed E-state index contributed by atoms with van der Waals surface area (Å²) >= 11 is 0. The molecular weight excluding hydrogens is 282 g/mol. The fraction of sp³-hybridized carbons (Fsp3) is 0.471. The lowest BCUT2D eigenvalue weighted by atomic mass is 9.64. The Bertz CT molecular complexity index is 712. The van der Waals surface area contributed by atoms with Crippen LogP contribution in [-0.2, 0) is 9.59 Å². The van der Waals surface area contributed by atoms with E-state index in [2.05, 4.69) is 5.32 Å². The Morgan fingerprint density at radius 2 is 1.91 bits per heavy atom. The Morgan fingerprint density at radius 1 is 1.23 bits per heavy atom. The SMILES string of the molecule is CC(=O)NC1C(C)=CC(C)C2c3oc(C)cc3C(=O)C(=O)C12. The molecule has 0 bridgehead atoms. The molecule has 1 heterocycles. The molecule has 116 valence electrons. The van der Waals surface area contributed by atoms with Crippen molar-refractivity contribution >= 4 is 17.5 Å². The van der Waals surface area contributed by atoms with Crippen molar-refractivity contribution in [2.45, 2.75) is 39.7 Å². The minimum absolute atomic E-state index is 0.0661. The molecule has 0 radical (unpaired) electrons. The van der Waals surface area contributed by atoms with Crippen molar-refractivity contribution in [1.29, 1.82) is 0 Å². The second kappa shape index (κ2) is 4.93. The lowest BCUT2D eigenvalue weighted by Crippen LogP contribution is -2.52. The normalized spacial score (nSPS) is 30.5. The fourth-order valence-electron chi connectivity index (χ4n) is 3.82. The summed E-state index contributed by atoms with van der Waals surface area (Å²) in [6, 6.07) is 1.19. The number of fused-ring (bicyclic) bond motifs is 3. The van der Waals surface area contributed by atoms with Crippen LogP contribution in [0.3, 0.4) is 0 Å². The molecule has 0 saturated carbocycles. The summed E-state index contributed by atoms with van der Waals surface area (Å²) in [5.41, 5.74) is 1.29. The first kappa shape index (κ1) is 14.8. The molecule has 1 aromatic heterocycles. The summed E-state index contributed by atoms with van der Waals surface area (Å²) in [6.45, 7) is 7.08. The summed E-state index contributed by atoms with van der Waals surface area (Å²) in [6.07, 6.45) is 2.05. The molecule has 0 saturated heterocycles. The number of hydrogen-bond acceptors (Lipinski definition) is 4. The van der Waals surface area contributed by atoms with Crippen LogP contribution in [0.15, 0.2) is 22.1 Å². The molecule has 5 nitrogen and oxygen atoms in total. The van der Waals surface area contributed by atoms with Crippen molar-refractivity contribution in [2.75, 3.05) is 0 Å². The predicted octanol–water partition coefficient (Wildman–Crippen LogP) is 2.15. The van der Waals surface area contributed by atoms with Gasteiger partial charge in [-0.05, 0) is 25.8 Å². The first-order valence-electron chi connectivity index (χ1n) is 7.45. The number of amides is 1. The smallest absolute Gasteiger partial charge is 0.232 e. The number of hydrogen-bond donors (Lipinski definition) is 1. The van der Waals surface area contributed by atoms with E-state index in [4.69, 9.17) is 4.42 Å². The minimum atomic E-state index is -0.588. The van der Waals surface area contributed by atoms with Gasteiger partial charge in [0.1, 0.15) is 11.5 Å². The highest BCUT2D eigenvalue weighted by Crippen LogP contribution is 2.46. The Labute approximate surface area is 128 Å². The second-order valence-electron chi connectivity index (χ2n) is 6.33. The Hall–Kier alpha value is -2.17. The molecule has 0 aliphatic heterocycles. The molecule has 5 heteroatoms. The molecule has 1 aromatic rings. The Balaban J connectivity index is 2.16. The number of allylic oxidation sites excluding steroid dienone is 1. The largest absolute Gasteiger partial charge is 0.465 e. The van der Waals surface area contributed by atoms with Gasteiger partial charge in [0.2, 0.25) is 17.5 Å². The maximum atomic E-state index is 12.6. The van der Waals surface area contributed by atoms with Crippen LogP contribution in [-0.4, -0.2) is 23.5 Å². The quantitative estimate of drug-likeness (QED) is 0.637. The molecule has 22 heavy (non-hydrogen) atoms. The minimum Gasteiger partial charge on any atom is -0.465 e. The van der Waals surface area contributed by atoms with E-state index in [-0.39, 0.29) is 17.7 Å². The summed E-state index contributed by atoms with van der Waals surface area (Å²) in [5, 5.41) is 2.82. The molecule has 4 atom stereocenters. The highest BCUT2D eigenvalue weighted by molar-refractivity contribution is 6.46. The monoisotopic (exact) mass is 301 g/mol. The Kier molecular flexibility index (Phi) is 3.31. The van der Waals surface area contributed by atoms with Crippen molar-refractivity contribution in [3.05, 3.63) is 34.8 Å². The zero-order valence-corrected chi connectivity index (χ0v) is 13.1. The van der Waals surface area contributed by atoms with Crippen LogP contribution >= 0.6 is 0 Å². The number of aryl methyl sites for hydroxylation is 1. The van der Waals surface area contributed by atoms with Crippen LogP contribution in [0, 0.1) is 18.8 Å². The van der Waals surface area contributed by atoms with Gasteiger partial charge in [-0.3, -0.25) is 14.4 Å². The maximum absolute atomic E-state index is 12.6. The molecule has 0 aromatic carbocycles. The van der Waals surface area contributed by atoms with Crippen molar-refractivity contribution in [3.8, 4) is 0 Å². The van der Waals surface area contributed by atoms with Crippen LogP contribution in [0.25, 0.3) is 0 Å². The third-order valence-electron chi connectivity index (χ3n) is 4.65. The van der Waals surface area contributed by atoms with Gasteiger partial charge in [0, 0.05) is 12.8 Å². The van der Waals surface area contributed by atoms with E-state index in [0.717, 1.165) is 5.57 Å². The highest BCUT2D eigenvalue weighted by Gasteiger charge is 2.51. The van der Waals surface area contributed by atoms with Gasteiger partial charge in [0.15, 0.2) is 0 Å². The number of carbonyl (C=O) groups excluding carboxylic acids is 3. The predicted molar refractivity (Wildman–Crippen MR) is 79.5 cm³/mol. The first-order chi connectivity index (χ1) is 10.3. The number of Topliss-reactive ketones (excluding diaryl/α,β-unsaturated/α-hetero) is 2. The van der Waals surface area contributed by atoms with E-state index in [1.807, 2.05) is 19.9 Å². The van der Waals surface area contributed by atoms with Gasteiger partial charge < -0.3 is 9.73 Å². The van der Waals surface area contributed by atoms with Gasteiger partial charge in [-0.1, -0.05) is 18.6 Å². The van der Waals surface area contributed by atoms with Crippen LogP contribution < -0.4 is 5.32 Å². The maximum Gasteiger partial charge on any atom is 0.232 e. The summed E-state index contributed by atoms with van der Waals surface area (Å²) in [7, 11) is 0. The van der Waals surface area contributed by atoms with Crippen LogP contribution in [0.2, 0.25) is 0 Å². The van der Waals surface area contributed by atoms with E-state index >= 15 is 0 Å². The molecular formula is C17H19NO4. The summed E-state index contributed by atoms with van der Waals surface area (Å²) in [4.78, 5) is 36.5. The average molecular weight is 301 g/mol. The Morgan fingerprint density at radius 3 is 2.55 bits per heavy atom.